The lowest BCUT2D eigenvalue weighted by atomic mass is 10.2. The van der Waals surface area contributed by atoms with Crippen LogP contribution in [0.25, 0.3) is 11.3 Å². The lowest BCUT2D eigenvalue weighted by Gasteiger charge is -2.21. The van der Waals surface area contributed by atoms with Gasteiger partial charge in [0, 0.05) is 17.5 Å². The van der Waals surface area contributed by atoms with Crippen LogP contribution in [0.4, 0.5) is 9.52 Å². The number of aromatic nitrogens is 1. The second kappa shape index (κ2) is 10.1. The lowest BCUT2D eigenvalue weighted by molar-refractivity contribution is -0.120. The first-order valence-corrected chi connectivity index (χ1v) is 10.3. The molecule has 1 amide bonds. The standard InChI is InChI=1S/C22H24FN3O2S/c1-25(2)13-6-14-26(21(27)15-28-19-7-4-3-5-8-19)22-24-20(16-29-22)17-9-11-18(23)12-10-17/h3-5,7-12,16H,6,13-15H2,1-2H3. The van der Waals surface area contributed by atoms with Crippen molar-refractivity contribution in [3.63, 3.8) is 0 Å². The fourth-order valence-electron chi connectivity index (χ4n) is 2.75. The molecule has 5 nitrogen and oxygen atoms in total. The summed E-state index contributed by atoms with van der Waals surface area (Å²) in [6.45, 7) is 1.35. The molecule has 152 valence electrons. The van der Waals surface area contributed by atoms with Crippen LogP contribution in [-0.4, -0.2) is 49.6 Å². The monoisotopic (exact) mass is 413 g/mol. The summed E-state index contributed by atoms with van der Waals surface area (Å²) in [7, 11) is 4.00. The Morgan fingerprint density at radius 2 is 1.79 bits per heavy atom. The zero-order valence-electron chi connectivity index (χ0n) is 16.5. The molecule has 0 aliphatic carbocycles. The van der Waals surface area contributed by atoms with E-state index in [9.17, 15) is 9.18 Å². The highest BCUT2D eigenvalue weighted by Crippen LogP contribution is 2.28. The molecule has 0 radical (unpaired) electrons. The Morgan fingerprint density at radius 1 is 1.07 bits per heavy atom. The van der Waals surface area contributed by atoms with Crippen LogP contribution >= 0.6 is 11.3 Å². The third-order valence-corrected chi connectivity index (χ3v) is 5.12. The number of halogens is 1. The second-order valence-electron chi connectivity index (χ2n) is 6.83. The predicted octanol–water partition coefficient (Wildman–Crippen LogP) is 4.31. The van der Waals surface area contributed by atoms with E-state index in [0.717, 1.165) is 24.2 Å². The molecular formula is C22H24FN3O2S. The second-order valence-corrected chi connectivity index (χ2v) is 7.66. The summed E-state index contributed by atoms with van der Waals surface area (Å²) in [5.74, 6) is 0.218. The number of hydrogen-bond acceptors (Lipinski definition) is 5. The minimum Gasteiger partial charge on any atom is -0.484 e. The maximum Gasteiger partial charge on any atom is 0.266 e. The van der Waals surface area contributed by atoms with Gasteiger partial charge in [-0.25, -0.2) is 9.37 Å². The first-order valence-electron chi connectivity index (χ1n) is 9.37. The fourth-order valence-corrected chi connectivity index (χ4v) is 3.63. The molecule has 0 N–H and O–H groups in total. The Hall–Kier alpha value is -2.77. The molecule has 0 saturated heterocycles. The average Bonchev–Trinajstić information content (AvgIpc) is 3.20. The Balaban J connectivity index is 1.73. The number of hydrogen-bond donors (Lipinski definition) is 0. The molecule has 2 aromatic carbocycles. The third kappa shape index (κ3) is 6.10. The van der Waals surface area contributed by atoms with E-state index in [-0.39, 0.29) is 18.3 Å². The molecule has 0 fully saturated rings. The lowest BCUT2D eigenvalue weighted by Crippen LogP contribution is -2.36. The van der Waals surface area contributed by atoms with E-state index in [1.807, 2.05) is 49.8 Å². The number of thiazole rings is 1. The number of anilines is 1. The molecule has 3 rings (SSSR count). The van der Waals surface area contributed by atoms with Crippen molar-refractivity contribution in [2.24, 2.45) is 0 Å². The van der Waals surface area contributed by atoms with Crippen molar-refractivity contribution < 1.29 is 13.9 Å². The number of amides is 1. The molecule has 0 atom stereocenters. The average molecular weight is 414 g/mol. The van der Waals surface area contributed by atoms with Gasteiger partial charge in [0.15, 0.2) is 11.7 Å². The molecule has 7 heteroatoms. The number of carbonyl (C=O) groups is 1. The van der Waals surface area contributed by atoms with Crippen LogP contribution in [0.5, 0.6) is 5.75 Å². The third-order valence-electron chi connectivity index (χ3n) is 4.26. The van der Waals surface area contributed by atoms with Crippen molar-refractivity contribution in [3.8, 4) is 17.0 Å². The molecule has 0 bridgehead atoms. The minimum absolute atomic E-state index is 0.0581. The summed E-state index contributed by atoms with van der Waals surface area (Å²) in [4.78, 5) is 21.3. The van der Waals surface area contributed by atoms with E-state index in [1.165, 1.54) is 23.5 Å². The molecule has 0 unspecified atom stereocenters. The van der Waals surface area contributed by atoms with Gasteiger partial charge in [-0.1, -0.05) is 18.2 Å². The highest BCUT2D eigenvalue weighted by molar-refractivity contribution is 7.14. The fraction of sp³-hybridized carbons (Fsp3) is 0.273. The van der Waals surface area contributed by atoms with E-state index in [0.29, 0.717) is 17.4 Å². The van der Waals surface area contributed by atoms with Crippen LogP contribution in [0.3, 0.4) is 0 Å². The van der Waals surface area contributed by atoms with Gasteiger partial charge >= 0.3 is 0 Å². The van der Waals surface area contributed by atoms with Gasteiger partial charge in [0.1, 0.15) is 11.6 Å². The summed E-state index contributed by atoms with van der Waals surface area (Å²) in [6, 6.07) is 15.4. The highest BCUT2D eigenvalue weighted by Gasteiger charge is 2.20. The number of rotatable bonds is 9. The molecule has 3 aromatic rings. The largest absolute Gasteiger partial charge is 0.484 e. The smallest absolute Gasteiger partial charge is 0.266 e. The van der Waals surface area contributed by atoms with Gasteiger partial charge in [0.25, 0.3) is 5.91 Å². The predicted molar refractivity (Wildman–Crippen MR) is 115 cm³/mol. The van der Waals surface area contributed by atoms with Crippen molar-refractivity contribution in [1.29, 1.82) is 0 Å². The van der Waals surface area contributed by atoms with Crippen LogP contribution in [0.1, 0.15) is 6.42 Å². The molecule has 0 aliphatic heterocycles. The Morgan fingerprint density at radius 3 is 2.48 bits per heavy atom. The van der Waals surface area contributed by atoms with Crippen LogP contribution in [0, 0.1) is 5.82 Å². The van der Waals surface area contributed by atoms with E-state index < -0.39 is 0 Å². The van der Waals surface area contributed by atoms with E-state index >= 15 is 0 Å². The summed E-state index contributed by atoms with van der Waals surface area (Å²) in [6.07, 6.45) is 0.815. The van der Waals surface area contributed by atoms with Crippen LogP contribution in [0.2, 0.25) is 0 Å². The molecule has 0 aliphatic rings. The van der Waals surface area contributed by atoms with E-state index in [4.69, 9.17) is 4.74 Å². The maximum absolute atomic E-state index is 13.2. The molecule has 0 spiro atoms. The number of benzene rings is 2. The number of carbonyl (C=O) groups excluding carboxylic acids is 1. The quantitative estimate of drug-likeness (QED) is 0.524. The summed E-state index contributed by atoms with van der Waals surface area (Å²) in [5.41, 5.74) is 1.54. The summed E-state index contributed by atoms with van der Waals surface area (Å²) < 4.78 is 18.8. The molecule has 0 saturated carbocycles. The molecule has 29 heavy (non-hydrogen) atoms. The Kier molecular flexibility index (Phi) is 7.32. The summed E-state index contributed by atoms with van der Waals surface area (Å²) >= 11 is 1.40. The van der Waals surface area contributed by atoms with Crippen molar-refractivity contribution >= 4 is 22.4 Å². The first kappa shape index (κ1) is 21.0. The van der Waals surface area contributed by atoms with Gasteiger partial charge in [-0.2, -0.15) is 0 Å². The van der Waals surface area contributed by atoms with Crippen molar-refractivity contribution in [2.75, 3.05) is 38.7 Å². The van der Waals surface area contributed by atoms with Gasteiger partial charge < -0.3 is 9.64 Å². The Labute approximate surface area is 174 Å². The van der Waals surface area contributed by atoms with E-state index in [2.05, 4.69) is 9.88 Å². The molecule has 1 heterocycles. The van der Waals surface area contributed by atoms with Gasteiger partial charge in [0.05, 0.1) is 5.69 Å². The zero-order valence-corrected chi connectivity index (χ0v) is 17.4. The van der Waals surface area contributed by atoms with Crippen LogP contribution in [-0.2, 0) is 4.79 Å². The van der Waals surface area contributed by atoms with Gasteiger partial charge in [-0.3, -0.25) is 9.69 Å². The van der Waals surface area contributed by atoms with Gasteiger partial charge in [0.2, 0.25) is 0 Å². The maximum atomic E-state index is 13.2. The number of ether oxygens (including phenoxy) is 1. The van der Waals surface area contributed by atoms with Crippen LogP contribution in [0.15, 0.2) is 60.0 Å². The number of para-hydroxylation sites is 1. The zero-order chi connectivity index (χ0) is 20.6. The number of nitrogens with zero attached hydrogens (tertiary/aromatic N) is 3. The SMILES string of the molecule is CN(C)CCCN(C(=O)COc1ccccc1)c1nc(-c2ccc(F)cc2)cs1. The van der Waals surface area contributed by atoms with Crippen LogP contribution < -0.4 is 9.64 Å². The topological polar surface area (TPSA) is 45.7 Å². The first-order chi connectivity index (χ1) is 14.0. The van der Waals surface area contributed by atoms with Gasteiger partial charge in [-0.05, 0) is 63.5 Å². The van der Waals surface area contributed by atoms with Crippen molar-refractivity contribution in [3.05, 3.63) is 65.8 Å². The van der Waals surface area contributed by atoms with E-state index in [1.54, 1.807) is 17.0 Å². The normalized spacial score (nSPS) is 10.9. The molecular weight excluding hydrogens is 389 g/mol. The molecule has 1 aromatic heterocycles. The van der Waals surface area contributed by atoms with Crippen molar-refractivity contribution in [2.45, 2.75) is 6.42 Å². The Bertz CT molecular complexity index is 913. The van der Waals surface area contributed by atoms with Crippen molar-refractivity contribution in [1.82, 2.24) is 9.88 Å². The minimum atomic E-state index is -0.289. The highest BCUT2D eigenvalue weighted by atomic mass is 32.1. The summed E-state index contributed by atoms with van der Waals surface area (Å²) in [5, 5.41) is 2.50. The van der Waals surface area contributed by atoms with Gasteiger partial charge in [-0.15, -0.1) is 11.3 Å².